The number of rotatable bonds is 6. The molecule has 6 N–H and O–H groups in total. The number of H-pyrrole nitrogens is 1. The Morgan fingerprint density at radius 1 is 1.08 bits per heavy atom. The summed E-state index contributed by atoms with van der Waals surface area (Å²) in [4.78, 5) is 7.83. The van der Waals surface area contributed by atoms with Gasteiger partial charge in [0.05, 0.1) is 24.4 Å². The molecule has 2 aromatic carbocycles. The van der Waals surface area contributed by atoms with Crippen LogP contribution in [0.15, 0.2) is 60.8 Å². The summed E-state index contributed by atoms with van der Waals surface area (Å²) in [6.45, 7) is -0.316. The molecule has 12 heteroatoms. The van der Waals surface area contributed by atoms with Gasteiger partial charge in [0.2, 0.25) is 0 Å². The van der Waals surface area contributed by atoms with Crippen molar-refractivity contribution >= 4 is 43.6 Å². The van der Waals surface area contributed by atoms with Crippen molar-refractivity contribution in [1.29, 1.82) is 0 Å². The standard InChI is InChI=1S/C24H24N6O5S/c25-36(33,34)35-12-14-10-20(24(32)23(14)31)28-21-7-8-26-22-11-19(29-30(21)22)13-5-6-18-16(9-13)15-3-1-2-4-17(15)27-18/h1-9,11,14,20,23-24,27-28,31-32H,10,12H2,(H2,25,33,34). The lowest BCUT2D eigenvalue weighted by Crippen LogP contribution is -2.36. The van der Waals surface area contributed by atoms with Crippen LogP contribution in [0, 0.1) is 5.92 Å². The van der Waals surface area contributed by atoms with Crippen molar-refractivity contribution < 1.29 is 22.8 Å². The number of nitrogens with two attached hydrogens (primary N) is 1. The summed E-state index contributed by atoms with van der Waals surface area (Å²) in [6.07, 6.45) is -0.405. The number of fused-ring (bicyclic) bond motifs is 4. The average Bonchev–Trinajstić information content (AvgIpc) is 3.52. The summed E-state index contributed by atoms with van der Waals surface area (Å²) < 4.78 is 28.5. The fraction of sp³-hybridized carbons (Fsp3) is 0.250. The van der Waals surface area contributed by atoms with E-state index in [9.17, 15) is 18.6 Å². The Morgan fingerprint density at radius 2 is 1.89 bits per heavy atom. The van der Waals surface area contributed by atoms with Crippen molar-refractivity contribution in [2.24, 2.45) is 11.1 Å². The molecular weight excluding hydrogens is 484 g/mol. The molecular formula is C24H24N6O5S. The summed E-state index contributed by atoms with van der Waals surface area (Å²) >= 11 is 0. The van der Waals surface area contributed by atoms with Gasteiger partial charge in [0.15, 0.2) is 5.65 Å². The Labute approximate surface area is 205 Å². The van der Waals surface area contributed by atoms with Gasteiger partial charge in [-0.15, -0.1) is 0 Å². The van der Waals surface area contributed by atoms with Crippen LogP contribution in [0.25, 0.3) is 38.7 Å². The number of hydrogen-bond acceptors (Lipinski definition) is 8. The quantitative estimate of drug-likeness (QED) is 0.231. The van der Waals surface area contributed by atoms with Crippen LogP contribution in [0.5, 0.6) is 0 Å². The summed E-state index contributed by atoms with van der Waals surface area (Å²) in [5, 5.41) is 36.0. The lowest BCUT2D eigenvalue weighted by molar-refractivity contribution is 0.00777. The highest BCUT2D eigenvalue weighted by Crippen LogP contribution is 2.32. The number of anilines is 1. The van der Waals surface area contributed by atoms with Crippen LogP contribution in [0.1, 0.15) is 6.42 Å². The van der Waals surface area contributed by atoms with Crippen molar-refractivity contribution in [3.63, 3.8) is 0 Å². The number of aliphatic hydroxyl groups excluding tert-OH is 2. The molecule has 0 saturated heterocycles. The molecule has 1 saturated carbocycles. The second kappa shape index (κ2) is 8.54. The summed E-state index contributed by atoms with van der Waals surface area (Å²) in [5.74, 6) is -0.0343. The maximum absolute atomic E-state index is 11.1. The number of nitrogens with one attached hydrogen (secondary N) is 2. The van der Waals surface area contributed by atoms with E-state index in [-0.39, 0.29) is 13.0 Å². The van der Waals surface area contributed by atoms with Crippen molar-refractivity contribution in [2.75, 3.05) is 11.9 Å². The molecule has 0 bridgehead atoms. The topological polar surface area (TPSA) is 168 Å². The van der Waals surface area contributed by atoms with Gasteiger partial charge >= 0.3 is 10.3 Å². The van der Waals surface area contributed by atoms with Gasteiger partial charge in [0, 0.05) is 45.6 Å². The third-order valence-electron chi connectivity index (χ3n) is 6.74. The Morgan fingerprint density at radius 3 is 2.72 bits per heavy atom. The molecule has 186 valence electrons. The number of aromatic nitrogens is 4. The van der Waals surface area contributed by atoms with Gasteiger partial charge in [-0.1, -0.05) is 24.3 Å². The van der Waals surface area contributed by atoms with E-state index in [0.29, 0.717) is 11.5 Å². The van der Waals surface area contributed by atoms with Crippen LogP contribution in [0.3, 0.4) is 0 Å². The first-order chi connectivity index (χ1) is 17.3. The molecule has 1 aliphatic carbocycles. The number of hydrogen-bond donors (Lipinski definition) is 5. The van der Waals surface area contributed by atoms with Crippen LogP contribution in [-0.2, 0) is 14.5 Å². The first-order valence-corrected chi connectivity index (χ1v) is 12.9. The fourth-order valence-corrected chi connectivity index (χ4v) is 5.32. The first kappa shape index (κ1) is 22.9. The van der Waals surface area contributed by atoms with E-state index in [2.05, 4.69) is 31.6 Å². The largest absolute Gasteiger partial charge is 0.390 e. The van der Waals surface area contributed by atoms with Crippen molar-refractivity contribution in [3.8, 4) is 11.3 Å². The number of aromatic amines is 1. The van der Waals surface area contributed by atoms with Crippen LogP contribution >= 0.6 is 0 Å². The number of aliphatic hydroxyl groups is 2. The molecule has 4 unspecified atom stereocenters. The van der Waals surface area contributed by atoms with Gasteiger partial charge in [-0.05, 0) is 30.7 Å². The highest BCUT2D eigenvalue weighted by atomic mass is 32.2. The lowest BCUT2D eigenvalue weighted by Gasteiger charge is -2.19. The van der Waals surface area contributed by atoms with Gasteiger partial charge in [0.25, 0.3) is 0 Å². The number of nitrogens with zero attached hydrogens (tertiary/aromatic N) is 3. The second-order valence-corrected chi connectivity index (χ2v) is 10.3. The SMILES string of the molecule is NS(=O)(=O)OCC1CC(Nc2ccnc3cc(-c4ccc5[nH]c6ccccc6c5c4)nn23)C(O)C1O. The zero-order valence-corrected chi connectivity index (χ0v) is 19.8. The maximum atomic E-state index is 11.1. The van der Waals surface area contributed by atoms with Gasteiger partial charge in [0.1, 0.15) is 11.9 Å². The highest BCUT2D eigenvalue weighted by molar-refractivity contribution is 7.84. The molecule has 36 heavy (non-hydrogen) atoms. The Hall–Kier alpha value is -3.55. The van der Waals surface area contributed by atoms with E-state index in [1.54, 1.807) is 16.8 Å². The van der Waals surface area contributed by atoms with Crippen molar-refractivity contribution in [3.05, 3.63) is 60.8 Å². The third-order valence-corrected chi connectivity index (χ3v) is 7.21. The van der Waals surface area contributed by atoms with Gasteiger partial charge in [-0.3, -0.25) is 4.18 Å². The molecule has 4 atom stereocenters. The van der Waals surface area contributed by atoms with E-state index in [1.165, 1.54) is 0 Å². The van der Waals surface area contributed by atoms with Crippen LogP contribution in [0.4, 0.5) is 5.82 Å². The van der Waals surface area contributed by atoms with E-state index in [4.69, 9.17) is 10.2 Å². The molecule has 3 heterocycles. The van der Waals surface area contributed by atoms with E-state index in [0.717, 1.165) is 33.1 Å². The normalized spacial score (nSPS) is 22.6. The monoisotopic (exact) mass is 508 g/mol. The molecule has 3 aromatic heterocycles. The van der Waals surface area contributed by atoms with Crippen molar-refractivity contribution in [2.45, 2.75) is 24.7 Å². The first-order valence-electron chi connectivity index (χ1n) is 11.4. The van der Waals surface area contributed by atoms with Crippen LogP contribution in [0.2, 0.25) is 0 Å². The summed E-state index contributed by atoms with van der Waals surface area (Å²) in [7, 11) is -4.14. The van der Waals surface area contributed by atoms with Crippen molar-refractivity contribution in [1.82, 2.24) is 19.6 Å². The molecule has 0 spiro atoms. The molecule has 6 rings (SSSR count). The molecule has 0 radical (unpaired) electrons. The minimum Gasteiger partial charge on any atom is -0.390 e. The average molecular weight is 509 g/mol. The minimum atomic E-state index is -4.14. The number of para-hydroxylation sites is 1. The van der Waals surface area contributed by atoms with E-state index < -0.39 is 34.5 Å². The third kappa shape index (κ3) is 4.08. The highest BCUT2D eigenvalue weighted by Gasteiger charge is 2.42. The maximum Gasteiger partial charge on any atom is 0.333 e. The van der Waals surface area contributed by atoms with E-state index >= 15 is 0 Å². The Bertz CT molecular complexity index is 1700. The predicted octanol–water partition coefficient (Wildman–Crippen LogP) is 1.77. The zero-order chi connectivity index (χ0) is 25.0. The van der Waals surface area contributed by atoms with Gasteiger partial charge < -0.3 is 20.5 Å². The molecule has 11 nitrogen and oxygen atoms in total. The molecule has 1 aliphatic rings. The molecule has 5 aromatic rings. The minimum absolute atomic E-state index is 0.271. The summed E-state index contributed by atoms with van der Waals surface area (Å²) in [6, 6.07) is 17.3. The van der Waals surface area contributed by atoms with Crippen LogP contribution < -0.4 is 10.5 Å². The molecule has 0 amide bonds. The summed E-state index contributed by atoms with van der Waals surface area (Å²) in [5.41, 5.74) is 4.38. The molecule has 0 aliphatic heterocycles. The second-order valence-electron chi connectivity index (χ2n) is 9.07. The predicted molar refractivity (Wildman–Crippen MR) is 134 cm³/mol. The fourth-order valence-electron chi connectivity index (χ4n) is 4.96. The zero-order valence-electron chi connectivity index (χ0n) is 18.9. The molecule has 1 fully saturated rings. The van der Waals surface area contributed by atoms with Gasteiger partial charge in [-0.25, -0.2) is 10.1 Å². The van der Waals surface area contributed by atoms with Gasteiger partial charge in [-0.2, -0.15) is 18.0 Å². The number of benzene rings is 2. The van der Waals surface area contributed by atoms with Crippen LogP contribution in [-0.4, -0.2) is 63.1 Å². The Balaban J connectivity index is 1.30. The Kier molecular flexibility index (Phi) is 5.43. The lowest BCUT2D eigenvalue weighted by atomic mass is 10.1. The smallest absolute Gasteiger partial charge is 0.333 e. The van der Waals surface area contributed by atoms with E-state index in [1.807, 2.05) is 36.4 Å².